The van der Waals surface area contributed by atoms with Gasteiger partial charge in [0.05, 0.1) is 10.3 Å². The Labute approximate surface area is 143 Å². The first-order valence-electron chi connectivity index (χ1n) is 7.54. The van der Waals surface area contributed by atoms with Crippen molar-refractivity contribution in [3.05, 3.63) is 89.0 Å². The predicted octanol–water partition coefficient (Wildman–Crippen LogP) is 4.15. The Morgan fingerprint density at radius 3 is 1.76 bits per heavy atom. The van der Waals surface area contributed by atoms with E-state index in [9.17, 15) is 19.7 Å². The van der Waals surface area contributed by atoms with Gasteiger partial charge in [-0.3, -0.25) is 19.7 Å². The Kier molecular flexibility index (Phi) is 4.48. The number of ketones is 2. The number of nitrogens with zero attached hydrogens (tertiary/aromatic N) is 1. The van der Waals surface area contributed by atoms with Crippen LogP contribution in [0.4, 0.5) is 5.69 Å². The average molecular weight is 331 g/mol. The van der Waals surface area contributed by atoms with E-state index >= 15 is 0 Å². The molecule has 1 aliphatic rings. The number of rotatable bonds is 1. The summed E-state index contributed by atoms with van der Waals surface area (Å²) in [4.78, 5) is 31.2. The number of non-ortho nitro benzene ring substituents is 1. The number of nitro groups is 1. The number of carbonyl (C=O) groups excluding carboxylic acids is 2. The molecule has 1 aliphatic carbocycles. The number of fused-ring (bicyclic) bond motifs is 2. The predicted molar refractivity (Wildman–Crippen MR) is 96.4 cm³/mol. The minimum absolute atomic E-state index is 0.121. The zero-order valence-electron chi connectivity index (χ0n) is 13.1. The smallest absolute Gasteiger partial charge is 0.277 e. The molecule has 0 radical (unpaired) electrons. The second kappa shape index (κ2) is 6.88. The quantitative estimate of drug-likeness (QED) is 0.290. The van der Waals surface area contributed by atoms with E-state index in [-0.39, 0.29) is 22.2 Å². The lowest BCUT2D eigenvalue weighted by molar-refractivity contribution is -0.383. The Hall–Kier alpha value is -3.60. The molecule has 0 fully saturated rings. The Morgan fingerprint density at radius 1 is 0.680 bits per heavy atom. The lowest BCUT2D eigenvalue weighted by Crippen LogP contribution is -1.97. The van der Waals surface area contributed by atoms with Crippen LogP contribution < -0.4 is 0 Å². The number of allylic oxidation sites excluding steroid dienone is 4. The average Bonchev–Trinajstić information content (AvgIpc) is 2.62. The highest BCUT2D eigenvalue weighted by molar-refractivity contribution is 6.14. The second-order valence-corrected chi connectivity index (χ2v) is 5.43. The monoisotopic (exact) mass is 331 g/mol. The third-order valence-corrected chi connectivity index (χ3v) is 3.74. The van der Waals surface area contributed by atoms with Crippen LogP contribution in [0.2, 0.25) is 0 Å². The van der Waals surface area contributed by atoms with Crippen molar-refractivity contribution in [2.24, 2.45) is 0 Å². The first-order valence-corrected chi connectivity index (χ1v) is 7.54. The van der Waals surface area contributed by atoms with Crippen molar-refractivity contribution in [2.75, 3.05) is 0 Å². The van der Waals surface area contributed by atoms with Gasteiger partial charge in [0.1, 0.15) is 0 Å². The highest BCUT2D eigenvalue weighted by Gasteiger charge is 2.11. The first kappa shape index (κ1) is 16.3. The number of carbonyl (C=O) groups is 2. The summed E-state index contributed by atoms with van der Waals surface area (Å²) in [5.41, 5.74) is 0.160. The number of benzene rings is 3. The van der Waals surface area contributed by atoms with E-state index in [4.69, 9.17) is 0 Å². The van der Waals surface area contributed by atoms with Crippen molar-refractivity contribution < 1.29 is 14.5 Å². The van der Waals surface area contributed by atoms with E-state index in [1.807, 2.05) is 42.5 Å². The molecule has 4 rings (SSSR count). The minimum Gasteiger partial charge on any atom is -0.290 e. The number of nitro benzene ring substituents is 1. The maximum Gasteiger partial charge on any atom is 0.277 e. The summed E-state index contributed by atoms with van der Waals surface area (Å²) in [6, 6.07) is 16.9. The van der Waals surface area contributed by atoms with Crippen molar-refractivity contribution >= 4 is 38.8 Å². The summed E-state index contributed by atoms with van der Waals surface area (Å²) in [6.45, 7) is 0. The van der Waals surface area contributed by atoms with Crippen LogP contribution in [-0.4, -0.2) is 16.5 Å². The lowest BCUT2D eigenvalue weighted by Gasteiger charge is -2.02. The Balaban J connectivity index is 0.000000192. The maximum atomic E-state index is 11.0. The van der Waals surface area contributed by atoms with Crippen LogP contribution >= 0.6 is 0 Å². The minimum atomic E-state index is -0.336. The molecule has 0 spiro atoms. The lowest BCUT2D eigenvalue weighted by atomic mass is 10.0. The second-order valence-electron chi connectivity index (χ2n) is 5.43. The molecule has 3 aromatic rings. The summed E-state index contributed by atoms with van der Waals surface area (Å²) >= 11 is 0. The summed E-state index contributed by atoms with van der Waals surface area (Å²) in [5.74, 6) is -0.241. The first-order chi connectivity index (χ1) is 12.0. The van der Waals surface area contributed by atoms with Crippen LogP contribution in [0.5, 0.6) is 0 Å². The standard InChI is InChI=1S/C14H9NO2.C6H4O2/c16-15(17)14-7-3-6-12-8-10-4-1-2-5-11(10)9-13(12)14;7-5-1-2-6(8)4-3-5/h1-9H;1-4H. The fourth-order valence-corrected chi connectivity index (χ4v) is 2.55. The molecule has 3 aromatic carbocycles. The van der Waals surface area contributed by atoms with Crippen LogP contribution in [0, 0.1) is 10.1 Å². The van der Waals surface area contributed by atoms with Gasteiger partial charge in [0.15, 0.2) is 11.6 Å². The fourth-order valence-electron chi connectivity index (χ4n) is 2.55. The molecule has 0 atom stereocenters. The van der Waals surface area contributed by atoms with Crippen molar-refractivity contribution in [1.82, 2.24) is 0 Å². The topological polar surface area (TPSA) is 77.3 Å². The van der Waals surface area contributed by atoms with Crippen molar-refractivity contribution in [3.8, 4) is 0 Å². The van der Waals surface area contributed by atoms with Gasteiger partial charge in [-0.15, -0.1) is 0 Å². The van der Waals surface area contributed by atoms with E-state index in [0.29, 0.717) is 5.39 Å². The molecule has 122 valence electrons. The molecule has 0 heterocycles. The Morgan fingerprint density at radius 2 is 1.20 bits per heavy atom. The summed E-state index contributed by atoms with van der Waals surface area (Å²) in [6.07, 6.45) is 5.01. The molecule has 25 heavy (non-hydrogen) atoms. The molecule has 0 bridgehead atoms. The van der Waals surface area contributed by atoms with Gasteiger partial charge in [-0.1, -0.05) is 36.4 Å². The fraction of sp³-hybridized carbons (Fsp3) is 0. The van der Waals surface area contributed by atoms with Gasteiger partial charge in [0, 0.05) is 6.07 Å². The third-order valence-electron chi connectivity index (χ3n) is 3.74. The van der Waals surface area contributed by atoms with Crippen LogP contribution in [0.3, 0.4) is 0 Å². The van der Waals surface area contributed by atoms with E-state index in [0.717, 1.165) is 16.2 Å². The van der Waals surface area contributed by atoms with E-state index in [1.165, 1.54) is 30.4 Å². The van der Waals surface area contributed by atoms with Crippen LogP contribution in [0.1, 0.15) is 0 Å². The van der Waals surface area contributed by atoms with Gasteiger partial charge in [-0.25, -0.2) is 0 Å². The van der Waals surface area contributed by atoms with Gasteiger partial charge in [-0.05, 0) is 52.6 Å². The zero-order valence-corrected chi connectivity index (χ0v) is 13.1. The van der Waals surface area contributed by atoms with Crippen molar-refractivity contribution in [1.29, 1.82) is 0 Å². The molecule has 0 N–H and O–H groups in total. The number of hydrogen-bond donors (Lipinski definition) is 0. The van der Waals surface area contributed by atoms with E-state index in [1.54, 1.807) is 6.07 Å². The molecular weight excluding hydrogens is 318 g/mol. The highest BCUT2D eigenvalue weighted by Crippen LogP contribution is 2.29. The number of hydrogen-bond acceptors (Lipinski definition) is 4. The maximum absolute atomic E-state index is 11.0. The SMILES string of the molecule is O=C1C=CC(=O)C=C1.O=[N+]([O-])c1cccc2cc3ccccc3cc12. The van der Waals surface area contributed by atoms with Crippen LogP contribution in [-0.2, 0) is 9.59 Å². The van der Waals surface area contributed by atoms with Crippen molar-refractivity contribution in [3.63, 3.8) is 0 Å². The van der Waals surface area contributed by atoms with Crippen LogP contribution in [0.25, 0.3) is 21.5 Å². The largest absolute Gasteiger partial charge is 0.290 e. The molecule has 0 saturated carbocycles. The van der Waals surface area contributed by atoms with Gasteiger partial charge >= 0.3 is 0 Å². The normalized spacial score (nSPS) is 13.0. The van der Waals surface area contributed by atoms with Crippen LogP contribution in [0.15, 0.2) is 78.9 Å². The van der Waals surface area contributed by atoms with Gasteiger partial charge in [0.2, 0.25) is 0 Å². The molecular formula is C20H13NO4. The molecule has 0 aliphatic heterocycles. The Bertz CT molecular complexity index is 1030. The molecule has 0 amide bonds. The highest BCUT2D eigenvalue weighted by atomic mass is 16.6. The molecule has 0 unspecified atom stereocenters. The summed E-state index contributed by atoms with van der Waals surface area (Å²) in [5, 5.41) is 14.7. The molecule has 0 saturated heterocycles. The molecule has 0 aromatic heterocycles. The zero-order chi connectivity index (χ0) is 17.8. The van der Waals surface area contributed by atoms with Gasteiger partial charge in [0.25, 0.3) is 5.69 Å². The van der Waals surface area contributed by atoms with Crippen molar-refractivity contribution in [2.45, 2.75) is 0 Å². The molecule has 5 heteroatoms. The van der Waals surface area contributed by atoms with Gasteiger partial charge < -0.3 is 0 Å². The van der Waals surface area contributed by atoms with E-state index in [2.05, 4.69) is 0 Å². The summed E-state index contributed by atoms with van der Waals surface area (Å²) in [7, 11) is 0. The molecule has 5 nitrogen and oxygen atoms in total. The van der Waals surface area contributed by atoms with Gasteiger partial charge in [-0.2, -0.15) is 0 Å². The third kappa shape index (κ3) is 3.67. The van der Waals surface area contributed by atoms with E-state index < -0.39 is 0 Å². The summed E-state index contributed by atoms with van der Waals surface area (Å²) < 4.78 is 0.